The van der Waals surface area contributed by atoms with E-state index in [1.54, 1.807) is 0 Å². The molecule has 1 rings (SSSR count). The molecule has 1 saturated carbocycles. The predicted octanol–water partition coefficient (Wildman–Crippen LogP) is 2.14. The fraction of sp³-hybridized carbons (Fsp3) is 0.846. The van der Waals surface area contributed by atoms with Crippen molar-refractivity contribution in [1.29, 1.82) is 0 Å². The summed E-state index contributed by atoms with van der Waals surface area (Å²) >= 11 is 0. The van der Waals surface area contributed by atoms with Crippen molar-refractivity contribution in [2.24, 2.45) is 28.9 Å². The van der Waals surface area contributed by atoms with Gasteiger partial charge in [-0.25, -0.2) is 0 Å². The third kappa shape index (κ3) is 2.28. The van der Waals surface area contributed by atoms with E-state index in [1.165, 1.54) is 0 Å². The van der Waals surface area contributed by atoms with Crippen LogP contribution in [0.4, 0.5) is 0 Å². The maximum absolute atomic E-state index is 11.8. The molecule has 0 bridgehead atoms. The highest BCUT2D eigenvalue weighted by Gasteiger charge is 2.48. The van der Waals surface area contributed by atoms with E-state index in [0.29, 0.717) is 11.8 Å². The molecule has 0 aromatic rings. The SMILES string of the molecule is CC(C)[C@@H]1CC[C@@H](C)C[C@@]1(CC=O)C(N)=O. The molecule has 3 nitrogen and oxygen atoms in total. The van der Waals surface area contributed by atoms with Gasteiger partial charge in [0, 0.05) is 6.42 Å². The maximum Gasteiger partial charge on any atom is 0.224 e. The molecule has 16 heavy (non-hydrogen) atoms. The van der Waals surface area contributed by atoms with Crippen LogP contribution in [-0.2, 0) is 9.59 Å². The average molecular weight is 225 g/mol. The van der Waals surface area contributed by atoms with Gasteiger partial charge in [0.05, 0.1) is 5.41 Å². The van der Waals surface area contributed by atoms with Crippen molar-refractivity contribution in [3.05, 3.63) is 0 Å². The lowest BCUT2D eigenvalue weighted by molar-refractivity contribution is -0.139. The first-order valence-electron chi connectivity index (χ1n) is 6.17. The molecule has 0 aromatic heterocycles. The molecular formula is C13H23NO2. The number of amides is 1. The van der Waals surface area contributed by atoms with Crippen molar-refractivity contribution < 1.29 is 9.59 Å². The van der Waals surface area contributed by atoms with Crippen LogP contribution in [0.3, 0.4) is 0 Å². The van der Waals surface area contributed by atoms with Gasteiger partial charge in [-0.2, -0.15) is 0 Å². The summed E-state index contributed by atoms with van der Waals surface area (Å²) in [6.45, 7) is 6.37. The van der Waals surface area contributed by atoms with E-state index >= 15 is 0 Å². The third-order valence-electron chi connectivity index (χ3n) is 4.14. The van der Waals surface area contributed by atoms with E-state index in [2.05, 4.69) is 20.8 Å². The second-order valence-electron chi connectivity index (χ2n) is 5.63. The number of nitrogens with two attached hydrogens (primary N) is 1. The molecule has 2 N–H and O–H groups in total. The lowest BCUT2D eigenvalue weighted by Gasteiger charge is -2.45. The van der Waals surface area contributed by atoms with Gasteiger partial charge in [-0.15, -0.1) is 0 Å². The number of rotatable bonds is 4. The van der Waals surface area contributed by atoms with Crippen LogP contribution in [-0.4, -0.2) is 12.2 Å². The quantitative estimate of drug-likeness (QED) is 0.745. The monoisotopic (exact) mass is 225 g/mol. The third-order valence-corrected chi connectivity index (χ3v) is 4.14. The van der Waals surface area contributed by atoms with E-state index in [-0.39, 0.29) is 18.2 Å². The van der Waals surface area contributed by atoms with Gasteiger partial charge in [-0.1, -0.05) is 27.2 Å². The summed E-state index contributed by atoms with van der Waals surface area (Å²) in [6.07, 6.45) is 4.06. The fourth-order valence-electron chi connectivity index (χ4n) is 3.35. The van der Waals surface area contributed by atoms with Crippen LogP contribution >= 0.6 is 0 Å². The van der Waals surface area contributed by atoms with Crippen LogP contribution in [0.15, 0.2) is 0 Å². The van der Waals surface area contributed by atoms with Gasteiger partial charge in [-0.05, 0) is 30.6 Å². The normalized spacial score (nSPS) is 35.0. The van der Waals surface area contributed by atoms with Gasteiger partial charge in [0.1, 0.15) is 6.29 Å². The minimum Gasteiger partial charge on any atom is -0.369 e. The Morgan fingerprint density at radius 3 is 2.56 bits per heavy atom. The van der Waals surface area contributed by atoms with E-state index < -0.39 is 5.41 Å². The van der Waals surface area contributed by atoms with Crippen LogP contribution in [0.1, 0.15) is 46.5 Å². The van der Waals surface area contributed by atoms with E-state index in [1.807, 2.05) is 0 Å². The summed E-state index contributed by atoms with van der Waals surface area (Å²) in [5.41, 5.74) is 4.99. The van der Waals surface area contributed by atoms with Crippen LogP contribution in [0.2, 0.25) is 0 Å². The molecule has 0 saturated heterocycles. The maximum atomic E-state index is 11.8. The van der Waals surface area contributed by atoms with Crippen LogP contribution in [0, 0.1) is 23.2 Å². The van der Waals surface area contributed by atoms with Crippen molar-refractivity contribution in [3.63, 3.8) is 0 Å². The summed E-state index contributed by atoms with van der Waals surface area (Å²) in [7, 11) is 0. The highest BCUT2D eigenvalue weighted by atomic mass is 16.1. The molecule has 0 radical (unpaired) electrons. The molecule has 1 amide bonds. The molecule has 92 valence electrons. The molecule has 0 spiro atoms. The van der Waals surface area contributed by atoms with Gasteiger partial charge in [0.15, 0.2) is 0 Å². The van der Waals surface area contributed by atoms with Crippen molar-refractivity contribution in [1.82, 2.24) is 0 Å². The molecule has 0 aromatic carbocycles. The van der Waals surface area contributed by atoms with Gasteiger partial charge in [-0.3, -0.25) is 4.79 Å². The predicted molar refractivity (Wildman–Crippen MR) is 63.7 cm³/mol. The number of carbonyl (C=O) groups is 2. The molecule has 3 heteroatoms. The fourth-order valence-corrected chi connectivity index (χ4v) is 3.35. The summed E-state index contributed by atoms with van der Waals surface area (Å²) in [5.74, 6) is 0.860. The number of hydrogen-bond donors (Lipinski definition) is 1. The molecule has 1 aliphatic carbocycles. The highest BCUT2D eigenvalue weighted by molar-refractivity contribution is 5.84. The standard InChI is InChI=1S/C13H23NO2/c1-9(2)11-5-4-10(3)8-13(11,6-7-15)12(14)16/h7,9-11H,4-6,8H2,1-3H3,(H2,14,16)/t10-,11+,13-/m1/s1. The van der Waals surface area contributed by atoms with E-state index in [4.69, 9.17) is 5.73 Å². The molecule has 1 fully saturated rings. The Hall–Kier alpha value is -0.860. The number of primary amides is 1. The smallest absolute Gasteiger partial charge is 0.224 e. The number of hydrogen-bond acceptors (Lipinski definition) is 2. The average Bonchev–Trinajstić information content (AvgIpc) is 2.17. The van der Waals surface area contributed by atoms with Gasteiger partial charge >= 0.3 is 0 Å². The first kappa shape index (κ1) is 13.2. The van der Waals surface area contributed by atoms with Crippen molar-refractivity contribution in [3.8, 4) is 0 Å². The van der Waals surface area contributed by atoms with Crippen molar-refractivity contribution in [2.75, 3.05) is 0 Å². The lowest BCUT2D eigenvalue weighted by atomic mass is 9.58. The van der Waals surface area contributed by atoms with Crippen molar-refractivity contribution in [2.45, 2.75) is 46.5 Å². The first-order chi connectivity index (χ1) is 7.44. The minimum atomic E-state index is -0.590. The zero-order valence-electron chi connectivity index (χ0n) is 10.5. The second-order valence-corrected chi connectivity index (χ2v) is 5.63. The summed E-state index contributed by atoms with van der Waals surface area (Å²) in [4.78, 5) is 22.6. The molecule has 0 heterocycles. The molecular weight excluding hydrogens is 202 g/mol. The number of aldehydes is 1. The van der Waals surface area contributed by atoms with Gasteiger partial charge < -0.3 is 10.5 Å². The van der Waals surface area contributed by atoms with Gasteiger partial charge in [0.2, 0.25) is 5.91 Å². The van der Waals surface area contributed by atoms with Crippen LogP contribution in [0.25, 0.3) is 0 Å². The Morgan fingerprint density at radius 1 is 1.50 bits per heavy atom. The Bertz CT molecular complexity index is 275. The largest absolute Gasteiger partial charge is 0.369 e. The molecule has 0 aliphatic heterocycles. The van der Waals surface area contributed by atoms with Crippen LogP contribution < -0.4 is 5.73 Å². The Labute approximate surface area is 97.8 Å². The Balaban J connectivity index is 3.05. The molecule has 1 aliphatic rings. The number of carbonyl (C=O) groups excluding carboxylic acids is 2. The lowest BCUT2D eigenvalue weighted by Crippen LogP contribution is -2.49. The summed E-state index contributed by atoms with van der Waals surface area (Å²) in [5, 5.41) is 0. The first-order valence-corrected chi connectivity index (χ1v) is 6.17. The Kier molecular flexibility index (Phi) is 4.11. The highest BCUT2D eigenvalue weighted by Crippen LogP contribution is 2.48. The summed E-state index contributed by atoms with van der Waals surface area (Å²) < 4.78 is 0. The van der Waals surface area contributed by atoms with E-state index in [0.717, 1.165) is 25.5 Å². The molecule has 0 unspecified atom stereocenters. The van der Waals surface area contributed by atoms with E-state index in [9.17, 15) is 9.59 Å². The minimum absolute atomic E-state index is 0.256. The second kappa shape index (κ2) is 4.98. The topological polar surface area (TPSA) is 60.2 Å². The zero-order valence-corrected chi connectivity index (χ0v) is 10.5. The van der Waals surface area contributed by atoms with Crippen molar-refractivity contribution >= 4 is 12.2 Å². The summed E-state index contributed by atoms with van der Waals surface area (Å²) in [6, 6.07) is 0. The Morgan fingerprint density at radius 2 is 2.12 bits per heavy atom. The van der Waals surface area contributed by atoms with Crippen LogP contribution in [0.5, 0.6) is 0 Å². The van der Waals surface area contributed by atoms with Gasteiger partial charge in [0.25, 0.3) is 0 Å². The molecule has 3 atom stereocenters. The zero-order chi connectivity index (χ0) is 12.3.